The van der Waals surface area contributed by atoms with Gasteiger partial charge in [-0.1, -0.05) is 6.92 Å². The van der Waals surface area contributed by atoms with E-state index in [9.17, 15) is 0 Å². The van der Waals surface area contributed by atoms with E-state index in [1.54, 1.807) is 6.20 Å². The third kappa shape index (κ3) is 2.32. The lowest BCUT2D eigenvalue weighted by Gasteiger charge is -2.26. The lowest BCUT2D eigenvalue weighted by Crippen LogP contribution is -2.34. The molecule has 1 aromatic heterocycles. The first-order valence-electron chi connectivity index (χ1n) is 6.05. The Kier molecular flexibility index (Phi) is 3.39. The molecule has 0 radical (unpaired) electrons. The molecule has 2 N–H and O–H groups in total. The van der Waals surface area contributed by atoms with Crippen LogP contribution >= 0.6 is 0 Å². The van der Waals surface area contributed by atoms with E-state index in [0.29, 0.717) is 11.9 Å². The first-order chi connectivity index (χ1) is 7.70. The number of anilines is 1. The molecule has 1 aliphatic rings. The Hall–Kier alpha value is -1.16. The zero-order valence-corrected chi connectivity index (χ0v) is 10.1. The van der Waals surface area contributed by atoms with Gasteiger partial charge >= 0.3 is 0 Å². The Balaban J connectivity index is 2.12. The summed E-state index contributed by atoms with van der Waals surface area (Å²) in [6, 6.07) is 0.645. The van der Waals surface area contributed by atoms with E-state index in [4.69, 9.17) is 5.73 Å². The molecule has 0 saturated carbocycles. The quantitative estimate of drug-likeness (QED) is 0.815. The summed E-state index contributed by atoms with van der Waals surface area (Å²) in [7, 11) is 0. The van der Waals surface area contributed by atoms with Crippen LogP contribution in [0.15, 0.2) is 6.20 Å². The lowest BCUT2D eigenvalue weighted by molar-refractivity contribution is 0.213. The molecular weight excluding hydrogens is 200 g/mol. The second kappa shape index (κ2) is 4.78. The van der Waals surface area contributed by atoms with E-state index in [-0.39, 0.29) is 0 Å². The Morgan fingerprint density at radius 2 is 2.06 bits per heavy atom. The van der Waals surface area contributed by atoms with Gasteiger partial charge in [0, 0.05) is 32.0 Å². The van der Waals surface area contributed by atoms with Gasteiger partial charge in [0.1, 0.15) is 5.82 Å². The van der Waals surface area contributed by atoms with Gasteiger partial charge in [-0.25, -0.2) is 4.98 Å². The van der Waals surface area contributed by atoms with E-state index in [2.05, 4.69) is 28.7 Å². The van der Waals surface area contributed by atoms with E-state index in [1.807, 2.05) is 0 Å². The molecule has 1 unspecified atom stereocenters. The standard InChI is InChI=1S/C12H20N4/c1-3-9(2)16-6-4-10-11(5-7-16)15-12(13)8-14-10/h8-9H,3-7H2,1-2H3,(H2,13,15). The van der Waals surface area contributed by atoms with Crippen molar-refractivity contribution in [2.45, 2.75) is 39.2 Å². The van der Waals surface area contributed by atoms with Gasteiger partial charge in [-0.05, 0) is 13.3 Å². The molecule has 0 aromatic carbocycles. The van der Waals surface area contributed by atoms with Crippen molar-refractivity contribution in [3.8, 4) is 0 Å². The second-order valence-electron chi connectivity index (χ2n) is 4.48. The minimum atomic E-state index is 0.538. The van der Waals surface area contributed by atoms with Crippen LogP contribution in [0.2, 0.25) is 0 Å². The van der Waals surface area contributed by atoms with E-state index in [1.165, 1.54) is 6.42 Å². The third-order valence-electron chi connectivity index (χ3n) is 3.44. The van der Waals surface area contributed by atoms with Crippen LogP contribution in [0.25, 0.3) is 0 Å². The predicted molar refractivity (Wildman–Crippen MR) is 65.2 cm³/mol. The average Bonchev–Trinajstić information content (AvgIpc) is 2.50. The predicted octanol–water partition coefficient (Wildman–Crippen LogP) is 1.26. The molecule has 1 aromatic rings. The Labute approximate surface area is 96.9 Å². The smallest absolute Gasteiger partial charge is 0.142 e. The van der Waals surface area contributed by atoms with Gasteiger partial charge in [-0.2, -0.15) is 0 Å². The molecule has 4 nitrogen and oxygen atoms in total. The number of nitrogen functional groups attached to an aromatic ring is 1. The van der Waals surface area contributed by atoms with E-state index < -0.39 is 0 Å². The first-order valence-corrected chi connectivity index (χ1v) is 6.05. The summed E-state index contributed by atoms with van der Waals surface area (Å²) in [5, 5.41) is 0. The van der Waals surface area contributed by atoms with Crippen molar-refractivity contribution in [2.75, 3.05) is 18.8 Å². The Morgan fingerprint density at radius 3 is 2.75 bits per heavy atom. The molecule has 2 rings (SSSR count). The molecule has 2 heterocycles. The SMILES string of the molecule is CCC(C)N1CCc2ncc(N)nc2CC1. The van der Waals surface area contributed by atoms with Gasteiger partial charge < -0.3 is 5.73 Å². The van der Waals surface area contributed by atoms with Crippen molar-refractivity contribution in [1.29, 1.82) is 0 Å². The largest absolute Gasteiger partial charge is 0.382 e. The lowest BCUT2D eigenvalue weighted by atomic mass is 10.2. The van der Waals surface area contributed by atoms with Crippen LogP contribution in [-0.2, 0) is 12.8 Å². The average molecular weight is 220 g/mol. The van der Waals surface area contributed by atoms with Crippen LogP contribution < -0.4 is 5.73 Å². The number of hydrogen-bond donors (Lipinski definition) is 1. The topological polar surface area (TPSA) is 55.0 Å². The van der Waals surface area contributed by atoms with E-state index in [0.717, 1.165) is 37.3 Å². The molecule has 4 heteroatoms. The summed E-state index contributed by atoms with van der Waals surface area (Å²) in [6.45, 7) is 6.67. The normalized spacial score (nSPS) is 18.9. The van der Waals surface area contributed by atoms with Crippen LogP contribution in [-0.4, -0.2) is 34.0 Å². The highest BCUT2D eigenvalue weighted by Gasteiger charge is 2.18. The van der Waals surface area contributed by atoms with Crippen LogP contribution in [0.5, 0.6) is 0 Å². The fraction of sp³-hybridized carbons (Fsp3) is 0.667. The van der Waals surface area contributed by atoms with Gasteiger partial charge in [0.15, 0.2) is 0 Å². The van der Waals surface area contributed by atoms with E-state index >= 15 is 0 Å². The number of nitrogens with two attached hydrogens (primary N) is 1. The zero-order chi connectivity index (χ0) is 11.5. The summed E-state index contributed by atoms with van der Waals surface area (Å²) in [4.78, 5) is 11.3. The van der Waals surface area contributed by atoms with Gasteiger partial charge in [0.05, 0.1) is 17.6 Å². The number of nitrogens with zero attached hydrogens (tertiary/aromatic N) is 3. The second-order valence-corrected chi connectivity index (χ2v) is 4.48. The maximum Gasteiger partial charge on any atom is 0.142 e. The third-order valence-corrected chi connectivity index (χ3v) is 3.44. The maximum atomic E-state index is 5.67. The highest BCUT2D eigenvalue weighted by atomic mass is 15.2. The molecular formula is C12H20N4. The van der Waals surface area contributed by atoms with Crippen molar-refractivity contribution >= 4 is 5.82 Å². The maximum absolute atomic E-state index is 5.67. The number of aromatic nitrogens is 2. The Morgan fingerprint density at radius 1 is 1.38 bits per heavy atom. The summed E-state index contributed by atoms with van der Waals surface area (Å²) >= 11 is 0. The summed E-state index contributed by atoms with van der Waals surface area (Å²) in [6.07, 6.45) is 4.82. The number of hydrogen-bond acceptors (Lipinski definition) is 4. The molecule has 0 aliphatic carbocycles. The molecule has 0 spiro atoms. The molecule has 0 fully saturated rings. The molecule has 0 saturated heterocycles. The van der Waals surface area contributed by atoms with Crippen molar-refractivity contribution in [3.63, 3.8) is 0 Å². The van der Waals surface area contributed by atoms with Crippen LogP contribution in [0.1, 0.15) is 31.7 Å². The van der Waals surface area contributed by atoms with Crippen molar-refractivity contribution in [2.24, 2.45) is 0 Å². The van der Waals surface area contributed by atoms with Gasteiger partial charge in [0.2, 0.25) is 0 Å². The molecule has 1 atom stereocenters. The first kappa shape index (κ1) is 11.3. The molecule has 0 bridgehead atoms. The van der Waals surface area contributed by atoms with Crippen LogP contribution in [0.3, 0.4) is 0 Å². The van der Waals surface area contributed by atoms with Crippen molar-refractivity contribution in [1.82, 2.24) is 14.9 Å². The van der Waals surface area contributed by atoms with Gasteiger partial charge in [0.25, 0.3) is 0 Å². The number of fused-ring (bicyclic) bond motifs is 1. The number of rotatable bonds is 2. The monoisotopic (exact) mass is 220 g/mol. The van der Waals surface area contributed by atoms with Crippen LogP contribution in [0, 0.1) is 0 Å². The summed E-state index contributed by atoms with van der Waals surface area (Å²) in [5.41, 5.74) is 7.88. The fourth-order valence-electron chi connectivity index (χ4n) is 2.19. The van der Waals surface area contributed by atoms with Gasteiger partial charge in [-0.3, -0.25) is 9.88 Å². The molecule has 0 amide bonds. The molecule has 16 heavy (non-hydrogen) atoms. The van der Waals surface area contributed by atoms with Crippen LogP contribution in [0.4, 0.5) is 5.82 Å². The highest BCUT2D eigenvalue weighted by Crippen LogP contribution is 2.15. The highest BCUT2D eigenvalue weighted by molar-refractivity contribution is 5.28. The Bertz CT molecular complexity index is 364. The van der Waals surface area contributed by atoms with Crippen molar-refractivity contribution in [3.05, 3.63) is 17.6 Å². The fourth-order valence-corrected chi connectivity index (χ4v) is 2.19. The minimum Gasteiger partial charge on any atom is -0.382 e. The van der Waals surface area contributed by atoms with Crippen molar-refractivity contribution < 1.29 is 0 Å². The minimum absolute atomic E-state index is 0.538. The van der Waals surface area contributed by atoms with Gasteiger partial charge in [-0.15, -0.1) is 0 Å². The molecule has 88 valence electrons. The summed E-state index contributed by atoms with van der Waals surface area (Å²) < 4.78 is 0. The summed E-state index contributed by atoms with van der Waals surface area (Å²) in [5.74, 6) is 0.538. The zero-order valence-electron chi connectivity index (χ0n) is 10.1. The molecule has 1 aliphatic heterocycles.